The van der Waals surface area contributed by atoms with Crippen molar-refractivity contribution < 1.29 is 4.74 Å². The number of benzene rings is 1. The van der Waals surface area contributed by atoms with Gasteiger partial charge in [-0.05, 0) is 44.0 Å². The Hall–Kier alpha value is -2.45. The Bertz CT molecular complexity index is 801. The number of ether oxygens (including phenoxy) is 1. The van der Waals surface area contributed by atoms with Crippen LogP contribution in [0.25, 0.3) is 0 Å². The molecule has 0 amide bonds. The zero-order chi connectivity index (χ0) is 20.8. The summed E-state index contributed by atoms with van der Waals surface area (Å²) in [6, 6.07) is 12.4. The molecule has 0 spiro atoms. The highest BCUT2D eigenvalue weighted by Gasteiger charge is 2.19. The highest BCUT2D eigenvalue weighted by atomic mass is 32.1. The first-order valence-corrected chi connectivity index (χ1v) is 11.2. The molecule has 1 atom stereocenters. The van der Waals surface area contributed by atoms with Gasteiger partial charge in [-0.25, -0.2) is 0 Å². The van der Waals surface area contributed by atoms with Gasteiger partial charge in [0, 0.05) is 32.2 Å². The summed E-state index contributed by atoms with van der Waals surface area (Å²) in [6.45, 7) is 7.28. The Labute approximate surface area is 183 Å². The van der Waals surface area contributed by atoms with Crippen molar-refractivity contribution in [1.82, 2.24) is 15.3 Å². The van der Waals surface area contributed by atoms with E-state index in [-0.39, 0.29) is 6.04 Å². The number of morpholine rings is 1. The molecule has 2 aliphatic rings. The molecule has 160 valence electrons. The predicted octanol–water partition coefficient (Wildman–Crippen LogP) is 3.35. The van der Waals surface area contributed by atoms with E-state index in [1.165, 1.54) is 24.8 Å². The van der Waals surface area contributed by atoms with Gasteiger partial charge in [-0.2, -0.15) is 9.97 Å². The number of hydrogen-bond acceptors (Lipinski definition) is 6. The molecule has 1 aromatic carbocycles. The summed E-state index contributed by atoms with van der Waals surface area (Å²) in [6.07, 6.45) is 3.69. The summed E-state index contributed by atoms with van der Waals surface area (Å²) in [4.78, 5) is 14.2. The summed E-state index contributed by atoms with van der Waals surface area (Å²) >= 11 is 5.56. The largest absolute Gasteiger partial charge is 0.378 e. The van der Waals surface area contributed by atoms with Crippen LogP contribution in [0.1, 0.15) is 37.8 Å². The van der Waals surface area contributed by atoms with Crippen molar-refractivity contribution in [1.29, 1.82) is 0 Å². The molecule has 2 N–H and O–H groups in total. The molecule has 4 rings (SSSR count). The molecule has 30 heavy (non-hydrogen) atoms. The third-order valence-corrected chi connectivity index (χ3v) is 5.81. The first kappa shape index (κ1) is 20.8. The number of piperidine rings is 1. The van der Waals surface area contributed by atoms with Crippen molar-refractivity contribution in [3.63, 3.8) is 0 Å². The molecule has 7 nitrogen and oxygen atoms in total. The highest BCUT2D eigenvalue weighted by Crippen LogP contribution is 2.24. The molecule has 2 aromatic rings. The molecular weight excluding hydrogens is 396 g/mol. The second-order valence-corrected chi connectivity index (χ2v) is 8.19. The molecule has 0 radical (unpaired) electrons. The fraction of sp³-hybridized carbons (Fsp3) is 0.500. The van der Waals surface area contributed by atoms with Crippen LogP contribution in [0.5, 0.6) is 0 Å². The lowest BCUT2D eigenvalue weighted by atomic mass is 10.1. The summed E-state index contributed by atoms with van der Waals surface area (Å²) in [5.74, 6) is 2.43. The Morgan fingerprint density at radius 3 is 2.27 bits per heavy atom. The van der Waals surface area contributed by atoms with Crippen LogP contribution < -0.4 is 20.4 Å². The van der Waals surface area contributed by atoms with Crippen LogP contribution in [0.15, 0.2) is 36.4 Å². The quantitative estimate of drug-likeness (QED) is 0.706. The standard InChI is InChI=1S/C22H30N6OS/c1-17(18-8-4-2-5-9-18)23-22(30)26-21-24-19(27-10-6-3-7-11-27)16-20(25-21)28-12-14-29-15-13-28/h2,4-5,8-9,16-17H,3,6-7,10-15H2,1H3,(H2,23,24,25,26,30)/t17-/m0/s1. The Kier molecular flexibility index (Phi) is 6.96. The van der Waals surface area contributed by atoms with Crippen LogP contribution in [0.4, 0.5) is 17.6 Å². The summed E-state index contributed by atoms with van der Waals surface area (Å²) in [5, 5.41) is 7.07. The second-order valence-electron chi connectivity index (χ2n) is 7.79. The van der Waals surface area contributed by atoms with Crippen molar-refractivity contribution in [2.24, 2.45) is 0 Å². The van der Waals surface area contributed by atoms with E-state index in [4.69, 9.17) is 26.9 Å². The molecule has 0 bridgehead atoms. The van der Waals surface area contributed by atoms with Gasteiger partial charge < -0.3 is 25.2 Å². The molecule has 3 heterocycles. The normalized spacial score (nSPS) is 18.0. The summed E-state index contributed by atoms with van der Waals surface area (Å²) in [7, 11) is 0. The Morgan fingerprint density at radius 1 is 0.967 bits per heavy atom. The maximum atomic E-state index is 5.56. The lowest BCUT2D eigenvalue weighted by molar-refractivity contribution is 0.122. The van der Waals surface area contributed by atoms with Gasteiger partial charge in [-0.1, -0.05) is 30.3 Å². The van der Waals surface area contributed by atoms with Crippen molar-refractivity contribution in [3.8, 4) is 0 Å². The van der Waals surface area contributed by atoms with Crippen molar-refractivity contribution >= 4 is 34.9 Å². The first-order chi connectivity index (χ1) is 14.7. The van der Waals surface area contributed by atoms with Gasteiger partial charge in [-0.15, -0.1) is 0 Å². The molecule has 2 saturated heterocycles. The fourth-order valence-electron chi connectivity index (χ4n) is 3.88. The minimum atomic E-state index is 0.0928. The van der Waals surface area contributed by atoms with Gasteiger partial charge in [-0.3, -0.25) is 0 Å². The molecule has 2 fully saturated rings. The van der Waals surface area contributed by atoms with Crippen LogP contribution in [0, 0.1) is 0 Å². The van der Waals surface area contributed by atoms with Crippen LogP contribution in [0.3, 0.4) is 0 Å². The van der Waals surface area contributed by atoms with E-state index >= 15 is 0 Å². The SMILES string of the molecule is C[C@H](NC(=S)Nc1nc(N2CCCCC2)cc(N2CCOCC2)n1)c1ccccc1. The van der Waals surface area contributed by atoms with E-state index in [1.807, 2.05) is 18.2 Å². The zero-order valence-corrected chi connectivity index (χ0v) is 18.3. The smallest absolute Gasteiger partial charge is 0.232 e. The van der Waals surface area contributed by atoms with Crippen LogP contribution >= 0.6 is 12.2 Å². The molecule has 0 saturated carbocycles. The van der Waals surface area contributed by atoms with E-state index in [2.05, 4.69) is 45.6 Å². The summed E-state index contributed by atoms with van der Waals surface area (Å²) in [5.41, 5.74) is 1.18. The van der Waals surface area contributed by atoms with E-state index in [9.17, 15) is 0 Å². The number of nitrogens with one attached hydrogen (secondary N) is 2. The number of nitrogens with zero attached hydrogens (tertiary/aromatic N) is 4. The average Bonchev–Trinajstić information content (AvgIpc) is 2.80. The van der Waals surface area contributed by atoms with E-state index in [1.54, 1.807) is 0 Å². The van der Waals surface area contributed by atoms with Gasteiger partial charge in [0.2, 0.25) is 5.95 Å². The third-order valence-electron chi connectivity index (χ3n) is 5.59. The molecule has 1 aromatic heterocycles. The van der Waals surface area contributed by atoms with Crippen molar-refractivity contribution in [2.45, 2.75) is 32.2 Å². The molecule has 0 unspecified atom stereocenters. The van der Waals surface area contributed by atoms with E-state index < -0.39 is 0 Å². The predicted molar refractivity (Wildman–Crippen MR) is 125 cm³/mol. The number of hydrogen-bond donors (Lipinski definition) is 2. The summed E-state index contributed by atoms with van der Waals surface area (Å²) < 4.78 is 5.51. The van der Waals surface area contributed by atoms with Gasteiger partial charge in [0.25, 0.3) is 0 Å². The molecule has 8 heteroatoms. The number of anilines is 3. The lowest BCUT2D eigenvalue weighted by Gasteiger charge is -2.31. The average molecular weight is 427 g/mol. The monoisotopic (exact) mass is 426 g/mol. The maximum absolute atomic E-state index is 5.56. The molecular formula is C22H30N6OS. The van der Waals surface area contributed by atoms with Gasteiger partial charge in [0.1, 0.15) is 11.6 Å². The Balaban J connectivity index is 1.51. The minimum Gasteiger partial charge on any atom is -0.378 e. The van der Waals surface area contributed by atoms with E-state index in [0.717, 1.165) is 51.0 Å². The molecule has 2 aliphatic heterocycles. The van der Waals surface area contributed by atoms with Gasteiger partial charge in [0.15, 0.2) is 5.11 Å². The minimum absolute atomic E-state index is 0.0928. The molecule has 0 aliphatic carbocycles. The number of aromatic nitrogens is 2. The number of thiocarbonyl (C=S) groups is 1. The topological polar surface area (TPSA) is 65.6 Å². The second kappa shape index (κ2) is 10.0. The highest BCUT2D eigenvalue weighted by molar-refractivity contribution is 7.80. The number of rotatable bonds is 5. The lowest BCUT2D eigenvalue weighted by Crippen LogP contribution is -2.38. The van der Waals surface area contributed by atoms with Crippen LogP contribution in [-0.4, -0.2) is 54.5 Å². The van der Waals surface area contributed by atoms with Crippen LogP contribution in [-0.2, 0) is 4.74 Å². The fourth-order valence-corrected chi connectivity index (χ4v) is 4.14. The maximum Gasteiger partial charge on any atom is 0.232 e. The van der Waals surface area contributed by atoms with Gasteiger partial charge >= 0.3 is 0 Å². The zero-order valence-electron chi connectivity index (χ0n) is 17.5. The van der Waals surface area contributed by atoms with Crippen LogP contribution in [0.2, 0.25) is 0 Å². The van der Waals surface area contributed by atoms with E-state index in [0.29, 0.717) is 11.1 Å². The van der Waals surface area contributed by atoms with Gasteiger partial charge in [0.05, 0.1) is 19.3 Å². The van der Waals surface area contributed by atoms with Crippen molar-refractivity contribution in [2.75, 3.05) is 54.5 Å². The van der Waals surface area contributed by atoms with Crippen molar-refractivity contribution in [3.05, 3.63) is 42.0 Å². The third kappa shape index (κ3) is 5.37. The first-order valence-electron chi connectivity index (χ1n) is 10.8. The Morgan fingerprint density at radius 2 is 1.60 bits per heavy atom.